The number of hydrogen-bond donors (Lipinski definition) is 0. The molecule has 0 saturated heterocycles. The van der Waals surface area contributed by atoms with Gasteiger partial charge in [0.2, 0.25) is 0 Å². The van der Waals surface area contributed by atoms with Gasteiger partial charge in [-0.15, -0.1) is 0 Å². The molecule has 2 nitrogen and oxygen atoms in total. The van der Waals surface area contributed by atoms with E-state index in [1.54, 1.807) is 0 Å². The first-order chi connectivity index (χ1) is 16.8. The molecular formula is C32H30N2. The maximum atomic E-state index is 2.45. The van der Waals surface area contributed by atoms with Crippen molar-refractivity contribution in [2.24, 2.45) is 0 Å². The molecule has 6 rings (SSSR count). The predicted octanol–water partition coefficient (Wildman–Crippen LogP) is 8.44. The number of aromatic nitrogens is 1. The number of anilines is 1. The van der Waals surface area contributed by atoms with Crippen LogP contribution in [0.3, 0.4) is 0 Å². The molecule has 0 N–H and O–H groups in total. The first kappa shape index (κ1) is 20.8. The lowest BCUT2D eigenvalue weighted by Gasteiger charge is -2.26. The second-order valence-electron chi connectivity index (χ2n) is 9.33. The van der Waals surface area contributed by atoms with E-state index in [2.05, 4.69) is 126 Å². The minimum Gasteiger partial charge on any atom is -0.348 e. The van der Waals surface area contributed by atoms with Gasteiger partial charge in [0.25, 0.3) is 0 Å². The summed E-state index contributed by atoms with van der Waals surface area (Å²) >= 11 is 0. The number of allylic oxidation sites excluding steroid dienone is 8. The second kappa shape index (κ2) is 8.87. The highest BCUT2D eigenvalue weighted by Crippen LogP contribution is 2.36. The van der Waals surface area contributed by atoms with Crippen LogP contribution >= 0.6 is 0 Å². The van der Waals surface area contributed by atoms with E-state index in [0.717, 1.165) is 19.3 Å². The van der Waals surface area contributed by atoms with Crippen LogP contribution in [0.25, 0.3) is 27.5 Å². The third-order valence-corrected chi connectivity index (χ3v) is 7.35. The van der Waals surface area contributed by atoms with Crippen molar-refractivity contribution in [1.29, 1.82) is 0 Å². The summed E-state index contributed by atoms with van der Waals surface area (Å²) in [5.74, 6) is 0.514. The Hall–Kier alpha value is -3.78. The van der Waals surface area contributed by atoms with Gasteiger partial charge in [-0.2, -0.15) is 0 Å². The van der Waals surface area contributed by atoms with Crippen LogP contribution in [0, 0.1) is 0 Å². The average molecular weight is 443 g/mol. The van der Waals surface area contributed by atoms with Crippen LogP contribution in [0.4, 0.5) is 5.69 Å². The summed E-state index contributed by atoms with van der Waals surface area (Å²) in [4.78, 5) is 2.34. The third-order valence-electron chi connectivity index (χ3n) is 7.35. The SMILES string of the molecule is CN(C1=CC=C(n2c3ccccc3c3ccccc32)CC1)c1ccc(C2C=CC=CCC2)cc1. The van der Waals surface area contributed by atoms with Crippen molar-refractivity contribution < 1.29 is 0 Å². The second-order valence-corrected chi connectivity index (χ2v) is 9.33. The minimum absolute atomic E-state index is 0.514. The summed E-state index contributed by atoms with van der Waals surface area (Å²) in [6.45, 7) is 0. The fraction of sp³-hybridized carbons (Fsp3) is 0.188. The molecule has 2 aliphatic rings. The highest BCUT2D eigenvalue weighted by molar-refractivity contribution is 6.10. The van der Waals surface area contributed by atoms with Crippen LogP contribution in [0.5, 0.6) is 0 Å². The fourth-order valence-electron chi connectivity index (χ4n) is 5.45. The van der Waals surface area contributed by atoms with E-state index >= 15 is 0 Å². The van der Waals surface area contributed by atoms with E-state index in [9.17, 15) is 0 Å². The molecule has 2 heteroatoms. The number of rotatable bonds is 4. The molecular weight excluding hydrogens is 412 g/mol. The van der Waals surface area contributed by atoms with Crippen molar-refractivity contribution in [3.05, 3.63) is 121 Å². The quantitative estimate of drug-likeness (QED) is 0.308. The van der Waals surface area contributed by atoms with Crippen LogP contribution in [0.2, 0.25) is 0 Å². The first-order valence-corrected chi connectivity index (χ1v) is 12.3. The number of benzene rings is 3. The van der Waals surface area contributed by atoms with E-state index < -0.39 is 0 Å². The molecule has 4 aromatic rings. The molecule has 1 heterocycles. The summed E-state index contributed by atoms with van der Waals surface area (Å²) < 4.78 is 2.45. The molecule has 2 aliphatic carbocycles. The Labute approximate surface area is 201 Å². The van der Waals surface area contributed by atoms with Gasteiger partial charge in [0.05, 0.1) is 11.0 Å². The van der Waals surface area contributed by atoms with Gasteiger partial charge in [-0.25, -0.2) is 0 Å². The first-order valence-electron chi connectivity index (χ1n) is 12.3. The van der Waals surface area contributed by atoms with Crippen molar-refractivity contribution in [2.45, 2.75) is 31.6 Å². The molecule has 0 aliphatic heterocycles. The standard InChI is InChI=1S/C32H30N2/c1-33(26-18-16-25(17-19-26)24-10-4-2-3-5-11-24)27-20-22-28(23-21-27)34-31-14-8-6-12-29(31)30-13-7-9-15-32(30)34/h2-4,6-10,12-20,22,24H,5,11,21,23H2,1H3. The Morgan fingerprint density at radius 3 is 2.15 bits per heavy atom. The van der Waals surface area contributed by atoms with Crippen LogP contribution in [0.15, 0.2) is 115 Å². The zero-order valence-electron chi connectivity index (χ0n) is 19.7. The lowest BCUT2D eigenvalue weighted by Crippen LogP contribution is -2.18. The summed E-state index contributed by atoms with van der Waals surface area (Å²) in [7, 11) is 2.19. The molecule has 0 radical (unpaired) electrons. The number of nitrogens with zero attached hydrogens (tertiary/aromatic N) is 2. The van der Waals surface area contributed by atoms with E-state index in [1.165, 1.54) is 50.9 Å². The van der Waals surface area contributed by atoms with Crippen LogP contribution < -0.4 is 4.90 Å². The smallest absolute Gasteiger partial charge is 0.0537 e. The van der Waals surface area contributed by atoms with Gasteiger partial charge < -0.3 is 9.47 Å². The molecule has 1 atom stereocenters. The lowest BCUT2D eigenvalue weighted by atomic mass is 9.94. The Balaban J connectivity index is 1.28. The lowest BCUT2D eigenvalue weighted by molar-refractivity contribution is 0.756. The zero-order valence-corrected chi connectivity index (χ0v) is 19.7. The van der Waals surface area contributed by atoms with Gasteiger partial charge >= 0.3 is 0 Å². The van der Waals surface area contributed by atoms with Crippen LogP contribution in [0.1, 0.15) is 37.2 Å². The van der Waals surface area contributed by atoms with Crippen molar-refractivity contribution in [3.8, 4) is 0 Å². The normalized spacial score (nSPS) is 18.1. The number of hydrogen-bond acceptors (Lipinski definition) is 1. The molecule has 168 valence electrons. The van der Waals surface area contributed by atoms with Crippen LogP contribution in [-0.2, 0) is 0 Å². The Kier molecular flexibility index (Phi) is 5.43. The van der Waals surface area contributed by atoms with Crippen molar-refractivity contribution in [1.82, 2.24) is 4.57 Å². The van der Waals surface area contributed by atoms with E-state index in [-0.39, 0.29) is 0 Å². The maximum absolute atomic E-state index is 2.45. The Morgan fingerprint density at radius 1 is 0.765 bits per heavy atom. The fourth-order valence-corrected chi connectivity index (χ4v) is 5.45. The summed E-state index contributed by atoms with van der Waals surface area (Å²) in [5, 5.41) is 2.65. The molecule has 1 aromatic heterocycles. The summed E-state index contributed by atoms with van der Waals surface area (Å²) in [6, 6.07) is 26.6. The van der Waals surface area contributed by atoms with Gasteiger partial charge in [0.1, 0.15) is 0 Å². The molecule has 0 bridgehead atoms. The molecule has 3 aromatic carbocycles. The van der Waals surface area contributed by atoms with E-state index in [0.29, 0.717) is 5.92 Å². The molecule has 34 heavy (non-hydrogen) atoms. The minimum atomic E-state index is 0.514. The summed E-state index contributed by atoms with van der Waals surface area (Å²) in [6.07, 6.45) is 17.9. The average Bonchev–Trinajstić information content (AvgIpc) is 3.03. The van der Waals surface area contributed by atoms with Crippen molar-refractivity contribution >= 4 is 33.2 Å². The van der Waals surface area contributed by atoms with Gasteiger partial charge in [0.15, 0.2) is 0 Å². The largest absolute Gasteiger partial charge is 0.348 e. The molecule has 0 spiro atoms. The Morgan fingerprint density at radius 2 is 1.47 bits per heavy atom. The zero-order chi connectivity index (χ0) is 22.9. The van der Waals surface area contributed by atoms with E-state index in [4.69, 9.17) is 0 Å². The maximum Gasteiger partial charge on any atom is 0.0537 e. The van der Waals surface area contributed by atoms with Gasteiger partial charge in [-0.1, -0.05) is 72.8 Å². The van der Waals surface area contributed by atoms with Gasteiger partial charge in [0, 0.05) is 40.8 Å². The summed E-state index contributed by atoms with van der Waals surface area (Å²) in [5.41, 5.74) is 7.95. The molecule has 0 fully saturated rings. The van der Waals surface area contributed by atoms with Crippen molar-refractivity contribution in [2.75, 3.05) is 11.9 Å². The number of fused-ring (bicyclic) bond motifs is 3. The van der Waals surface area contributed by atoms with Crippen LogP contribution in [-0.4, -0.2) is 11.6 Å². The predicted molar refractivity (Wildman–Crippen MR) is 146 cm³/mol. The molecule has 1 unspecified atom stereocenters. The van der Waals surface area contributed by atoms with Crippen molar-refractivity contribution in [3.63, 3.8) is 0 Å². The van der Waals surface area contributed by atoms with Gasteiger partial charge in [-0.05, 0) is 67.7 Å². The highest BCUT2D eigenvalue weighted by atomic mass is 15.1. The molecule has 0 saturated carbocycles. The van der Waals surface area contributed by atoms with Gasteiger partial charge in [-0.3, -0.25) is 0 Å². The third kappa shape index (κ3) is 3.70. The monoisotopic (exact) mass is 442 g/mol. The topological polar surface area (TPSA) is 8.17 Å². The Bertz CT molecular complexity index is 1410. The highest BCUT2D eigenvalue weighted by Gasteiger charge is 2.17. The number of para-hydroxylation sites is 2. The molecule has 0 amide bonds. The van der Waals surface area contributed by atoms with E-state index in [1.807, 2.05) is 0 Å².